The van der Waals surface area contributed by atoms with Crippen LogP contribution in [0.25, 0.3) is 0 Å². The minimum atomic E-state index is -1.27. The van der Waals surface area contributed by atoms with Crippen molar-refractivity contribution in [2.75, 3.05) is 98.5 Å². The van der Waals surface area contributed by atoms with Crippen LogP contribution in [0.3, 0.4) is 0 Å². The van der Waals surface area contributed by atoms with E-state index >= 15 is 0 Å². The number of esters is 2. The fourth-order valence-electron chi connectivity index (χ4n) is 12.8. The molecule has 7 aliphatic rings. The quantitative estimate of drug-likeness (QED) is 0.0142. The smallest absolute Gasteiger partial charge is 0.338 e. The molecule has 7 heterocycles. The van der Waals surface area contributed by atoms with E-state index in [1.807, 2.05) is 13.8 Å². The van der Waals surface area contributed by atoms with Crippen LogP contribution >= 0.6 is 15.9 Å². The third-order valence-electron chi connectivity index (χ3n) is 19.2. The number of amides is 15. The van der Waals surface area contributed by atoms with Gasteiger partial charge in [0.1, 0.15) is 71.6 Å². The first kappa shape index (κ1) is 109. The molecular formula is C91H103BrN10O34. The van der Waals surface area contributed by atoms with Crippen molar-refractivity contribution in [3.63, 3.8) is 0 Å². The molecule has 4 aromatic carbocycles. The number of hydrogen-bond donors (Lipinski definition) is 7. The first-order chi connectivity index (χ1) is 64.9. The summed E-state index contributed by atoms with van der Waals surface area (Å²) in [5, 5.41) is 40.6. The summed E-state index contributed by atoms with van der Waals surface area (Å²) < 4.78 is 42.0. The van der Waals surface area contributed by atoms with E-state index < -0.39 is 137 Å². The second kappa shape index (κ2) is 55.8. The van der Waals surface area contributed by atoms with E-state index in [9.17, 15) is 106 Å². The molecular weight excluding hydrogens is 1860 g/mol. The standard InChI is InChI=1S/C38H37N5O14.C17H15N3O8.C14H20O4.C11H16N2O4.C8H8O4.C3H7Br/c44-26(5-3-24(42-34(50)11-12-35(42)51)21-40-30(46)7-8-31(40)47)2-1-16-56-27-18-23(38(54)55)19-28(20-27)57-17-15-39-29(45)6-4-25(43-36(52)13-14-37(43)53)22-41-32(48)9-10-33(41)49;21-11-2-3-12(22)18(11)9-10(19-13(23)4-5-14(19)24)1-8-17(27)28-20-15(25)6-7-16(20)26;1-4-6-17-12-8-11(14(15)16-3)9-13(10-12)18-7-5-2;12-1-3-16-9-5-8(11(14)15)6-10(7-9)17-4-2-13;1-12-8(11)5-2-6(9)4-7(10)3-5;1-2-3-4/h7-14,18-20,24-25H,1-6,15-17,21-22H2,(H,39,45)(H,54,55);2-5,10H,1,6-9H2;8-10H,4-7H2,1-3H3;5-7H,1-4,12-13H2,(H,14,15);2-4,9-10H,1H3;2-3H2,1H3. The number of ketones is 1. The van der Waals surface area contributed by atoms with E-state index in [2.05, 4.69) is 32.9 Å². The van der Waals surface area contributed by atoms with Gasteiger partial charge >= 0.3 is 29.8 Å². The highest BCUT2D eigenvalue weighted by Crippen LogP contribution is 2.30. The number of methoxy groups -OCH3 is 2. The first-order valence-electron chi connectivity index (χ1n) is 42.4. The van der Waals surface area contributed by atoms with Crippen molar-refractivity contribution in [3.05, 3.63) is 168 Å². The molecule has 0 radical (unpaired) electrons. The predicted molar refractivity (Wildman–Crippen MR) is 475 cm³/mol. The number of ether oxygens (including phenoxy) is 8. The largest absolute Gasteiger partial charge is 0.508 e. The highest BCUT2D eigenvalue weighted by Gasteiger charge is 2.41. The molecule has 11 rings (SSSR count). The fourth-order valence-corrected chi connectivity index (χ4v) is 12.8. The number of Topliss-reactive ketones (excluding diaryl/α,β-unsaturated/α-hetero) is 1. The molecule has 1 saturated heterocycles. The zero-order valence-corrected chi connectivity index (χ0v) is 76.3. The summed E-state index contributed by atoms with van der Waals surface area (Å²) in [5.74, 6) is -11.6. The molecule has 0 spiro atoms. The number of benzene rings is 4. The predicted octanol–water partition coefficient (Wildman–Crippen LogP) is 3.98. The van der Waals surface area contributed by atoms with Crippen LogP contribution in [0.5, 0.6) is 46.0 Å². The minimum Gasteiger partial charge on any atom is -0.508 e. The second-order valence-corrected chi connectivity index (χ2v) is 30.2. The molecule has 0 aromatic heterocycles. The number of rotatable bonds is 45. The van der Waals surface area contributed by atoms with Gasteiger partial charge in [0, 0.05) is 148 Å². The average Bonchev–Trinajstić information content (AvgIpc) is 1.68. The van der Waals surface area contributed by atoms with Crippen LogP contribution in [0.2, 0.25) is 0 Å². The number of carbonyl (C=O) groups excluding carboxylic acids is 19. The van der Waals surface area contributed by atoms with Gasteiger partial charge in [-0.1, -0.05) is 36.7 Å². The zero-order valence-electron chi connectivity index (χ0n) is 74.7. The lowest BCUT2D eigenvalue weighted by atomic mass is 10.0. The van der Waals surface area contributed by atoms with Gasteiger partial charge in [0.15, 0.2) is 0 Å². The summed E-state index contributed by atoms with van der Waals surface area (Å²) in [6.07, 6.45) is 15.2. The number of hydroxylamine groups is 2. The van der Waals surface area contributed by atoms with Gasteiger partial charge in [-0.3, -0.25) is 106 Å². The fraction of sp³-hybridized carbons (Fsp3) is 0.374. The molecule has 0 bridgehead atoms. The topological polar surface area (TPSA) is 609 Å². The van der Waals surface area contributed by atoms with E-state index in [4.69, 9.17) is 64.8 Å². The summed E-state index contributed by atoms with van der Waals surface area (Å²) in [6, 6.07) is 14.2. The van der Waals surface area contributed by atoms with Crippen molar-refractivity contribution >= 4 is 140 Å². The number of imide groups is 7. The number of carbonyl (C=O) groups is 21. The normalized spacial score (nSPS) is 15.0. The third kappa shape index (κ3) is 34.6. The maximum atomic E-state index is 12.7. The summed E-state index contributed by atoms with van der Waals surface area (Å²) in [4.78, 5) is 261. The lowest BCUT2D eigenvalue weighted by Gasteiger charge is -2.29. The van der Waals surface area contributed by atoms with Crippen molar-refractivity contribution in [1.82, 2.24) is 39.8 Å². The van der Waals surface area contributed by atoms with Gasteiger partial charge in [-0.2, -0.15) is 0 Å². The van der Waals surface area contributed by atoms with Crippen molar-refractivity contribution in [2.24, 2.45) is 11.5 Å². The Bertz CT molecular complexity index is 5000. The molecule has 44 nitrogen and oxygen atoms in total. The summed E-state index contributed by atoms with van der Waals surface area (Å²) >= 11 is 3.25. The van der Waals surface area contributed by atoms with Crippen LogP contribution in [0.1, 0.15) is 146 Å². The van der Waals surface area contributed by atoms with E-state index in [1.165, 1.54) is 63.1 Å². The van der Waals surface area contributed by atoms with Gasteiger partial charge in [-0.05, 0) is 93.5 Å². The van der Waals surface area contributed by atoms with Gasteiger partial charge in [-0.25, -0.2) is 24.0 Å². The van der Waals surface area contributed by atoms with E-state index in [0.29, 0.717) is 73.1 Å². The van der Waals surface area contributed by atoms with Crippen molar-refractivity contribution in [3.8, 4) is 46.0 Å². The van der Waals surface area contributed by atoms with Crippen LogP contribution in [0.15, 0.2) is 146 Å². The maximum Gasteiger partial charge on any atom is 0.338 e. The highest BCUT2D eigenvalue weighted by molar-refractivity contribution is 9.09. The van der Waals surface area contributed by atoms with Crippen molar-refractivity contribution in [1.29, 1.82) is 0 Å². The number of carboxylic acid groups (broad SMARTS) is 2. The second-order valence-electron chi connectivity index (χ2n) is 29.4. The summed E-state index contributed by atoms with van der Waals surface area (Å²) in [7, 11) is 2.58. The van der Waals surface area contributed by atoms with Crippen LogP contribution in [0.4, 0.5) is 0 Å². The molecule has 7 aliphatic heterocycles. The third-order valence-corrected chi connectivity index (χ3v) is 20.0. The van der Waals surface area contributed by atoms with Gasteiger partial charge in [0.2, 0.25) is 5.91 Å². The number of nitrogens with zero attached hydrogens (tertiary/aromatic N) is 7. The Morgan fingerprint density at radius 3 is 1.01 bits per heavy atom. The number of halogens is 1. The van der Waals surface area contributed by atoms with Crippen LogP contribution in [-0.2, 0) is 95.8 Å². The van der Waals surface area contributed by atoms with Crippen LogP contribution in [0, 0.1) is 0 Å². The Morgan fingerprint density at radius 2 is 0.684 bits per heavy atom. The molecule has 1 fully saturated rings. The Kier molecular flexibility index (Phi) is 44.9. The Morgan fingerprint density at radius 1 is 0.382 bits per heavy atom. The molecule has 3 atom stereocenters. The number of aromatic carboxylic acids is 2. The molecule has 728 valence electrons. The Labute approximate surface area is 786 Å². The molecule has 4 aromatic rings. The van der Waals surface area contributed by atoms with E-state index in [-0.39, 0.29) is 149 Å². The molecule has 15 amide bonds. The molecule has 45 heteroatoms. The lowest BCUT2D eigenvalue weighted by Crippen LogP contribution is -2.49. The minimum absolute atomic E-state index is 0.00543. The molecule has 9 N–H and O–H groups in total. The van der Waals surface area contributed by atoms with Crippen LogP contribution < -0.4 is 45.2 Å². The van der Waals surface area contributed by atoms with Gasteiger partial charge in [0.05, 0.1) is 107 Å². The molecule has 3 unspecified atom stereocenters. The summed E-state index contributed by atoms with van der Waals surface area (Å²) in [6.45, 7) is 7.82. The SMILES string of the molecule is CCCBr.CCCOc1cc(OCCC)cc(C(=O)OC)c1.COC(=O)c1cc(O)cc(O)c1.NCCOc1cc(OCCN)cc(C(=O)O)c1.O=C(CCC(CN1C(=O)C=CC1=O)N1C(=O)C=CC1=O)ON1C(=O)CCC1=O.O=C(CCCOc1cc(OCCNC(=O)CCC(CN2C(=O)C=CC2=O)N2C(=O)C=CC2=O)cc(C(=O)O)c1)CCC(CN1C(=O)C=CC1=O)N1C(=O)C=CC1=O. The number of nitrogens with one attached hydrogen (secondary N) is 1. The zero-order chi connectivity index (χ0) is 100. The molecule has 136 heavy (non-hydrogen) atoms. The van der Waals surface area contributed by atoms with E-state index in [0.717, 1.165) is 127 Å². The van der Waals surface area contributed by atoms with Gasteiger partial charge in [-0.15, -0.1) is 5.06 Å². The van der Waals surface area contributed by atoms with Crippen molar-refractivity contribution < 1.29 is 164 Å². The Balaban J connectivity index is 0.000000295. The Hall–Kier alpha value is -15.4. The molecule has 0 saturated carbocycles. The first-order valence-corrected chi connectivity index (χ1v) is 43.5. The number of phenolic OH excluding ortho intramolecular Hbond substituents is 2. The number of alkyl halides is 1. The number of aromatic hydroxyl groups is 2. The summed E-state index contributed by atoms with van der Waals surface area (Å²) in [5.41, 5.74) is 11.1. The lowest BCUT2D eigenvalue weighted by molar-refractivity contribution is -0.197. The maximum absolute atomic E-state index is 12.7. The van der Waals surface area contributed by atoms with E-state index in [1.54, 1.807) is 24.3 Å². The number of nitrogens with two attached hydrogens (primary N) is 2. The number of hydrogen-bond acceptors (Lipinski definition) is 34. The van der Waals surface area contributed by atoms with Gasteiger partial charge in [0.25, 0.3) is 82.7 Å². The highest BCUT2D eigenvalue weighted by atomic mass is 79.9. The molecule has 0 aliphatic carbocycles. The monoisotopic (exact) mass is 1960 g/mol. The number of phenols is 2. The number of carboxylic acids is 2. The van der Waals surface area contributed by atoms with Crippen LogP contribution in [-0.4, -0.2) is 296 Å². The van der Waals surface area contributed by atoms with Gasteiger partial charge < -0.3 is 79.9 Å². The average molecular weight is 1960 g/mol. The van der Waals surface area contributed by atoms with Crippen molar-refractivity contribution in [2.45, 2.75) is 122 Å².